The van der Waals surface area contributed by atoms with Crippen molar-refractivity contribution in [3.63, 3.8) is 0 Å². The minimum atomic E-state index is -0.804. The number of hydrogen-bond donors (Lipinski definition) is 1. The van der Waals surface area contributed by atoms with E-state index in [-0.39, 0.29) is 18.9 Å². The number of hydrogen-bond acceptors (Lipinski definition) is 4. The Morgan fingerprint density at radius 2 is 1.88 bits per heavy atom. The second-order valence-electron chi connectivity index (χ2n) is 5.99. The van der Waals surface area contributed by atoms with Crippen LogP contribution in [0.4, 0.5) is 0 Å². The first-order valence-corrected chi connectivity index (χ1v) is 8.51. The zero-order valence-electron chi connectivity index (χ0n) is 14.2. The van der Waals surface area contributed by atoms with Gasteiger partial charge in [-0.15, -0.1) is 5.10 Å². The van der Waals surface area contributed by atoms with Crippen molar-refractivity contribution in [3.8, 4) is 11.4 Å². The number of carboxylic acids is 1. The predicted molar refractivity (Wildman–Crippen MR) is 97.8 cm³/mol. The molecule has 0 bridgehead atoms. The smallest absolute Gasteiger partial charge is 0.303 e. The Labute approximate surface area is 156 Å². The fourth-order valence-electron chi connectivity index (χ4n) is 2.51. The van der Waals surface area contributed by atoms with Gasteiger partial charge >= 0.3 is 5.97 Å². The van der Waals surface area contributed by atoms with Crippen molar-refractivity contribution >= 4 is 17.6 Å². The van der Waals surface area contributed by atoms with Gasteiger partial charge < -0.3 is 9.84 Å². The number of rotatable bonds is 7. The van der Waals surface area contributed by atoms with Crippen LogP contribution in [0.5, 0.6) is 5.75 Å². The van der Waals surface area contributed by atoms with Gasteiger partial charge in [0.05, 0.1) is 18.3 Å². The first kappa shape index (κ1) is 17.9. The maximum Gasteiger partial charge on any atom is 0.303 e. The molecular formula is C19H18ClN3O3. The van der Waals surface area contributed by atoms with Gasteiger partial charge in [0, 0.05) is 5.02 Å². The quantitative estimate of drug-likeness (QED) is 0.677. The first-order chi connectivity index (χ1) is 12.5. The highest BCUT2D eigenvalue weighted by molar-refractivity contribution is 6.30. The lowest BCUT2D eigenvalue weighted by atomic mass is 9.98. The molecule has 134 valence electrons. The molecule has 0 amide bonds. The summed E-state index contributed by atoms with van der Waals surface area (Å²) >= 11 is 5.88. The highest BCUT2D eigenvalue weighted by Crippen LogP contribution is 2.22. The molecule has 2 aromatic carbocycles. The predicted octanol–water partition coefficient (Wildman–Crippen LogP) is 4.08. The van der Waals surface area contributed by atoms with Gasteiger partial charge in [-0.25, -0.2) is 4.68 Å². The molecule has 1 N–H and O–H groups in total. The van der Waals surface area contributed by atoms with Crippen LogP contribution in [0.15, 0.2) is 54.7 Å². The van der Waals surface area contributed by atoms with Crippen LogP contribution >= 0.6 is 11.6 Å². The summed E-state index contributed by atoms with van der Waals surface area (Å²) < 4.78 is 7.38. The van der Waals surface area contributed by atoms with Crippen molar-refractivity contribution in [2.45, 2.75) is 25.9 Å². The molecule has 6 nitrogen and oxygen atoms in total. The number of carboxylic acid groups (broad SMARTS) is 1. The molecular weight excluding hydrogens is 354 g/mol. The first-order valence-electron chi connectivity index (χ1n) is 8.13. The molecule has 1 unspecified atom stereocenters. The summed E-state index contributed by atoms with van der Waals surface area (Å²) in [4.78, 5) is 10.8. The van der Waals surface area contributed by atoms with Crippen molar-refractivity contribution in [1.82, 2.24) is 15.0 Å². The van der Waals surface area contributed by atoms with E-state index in [4.69, 9.17) is 21.4 Å². The third-order valence-electron chi connectivity index (χ3n) is 3.95. The SMILES string of the molecule is CC(CC(=O)O)c1ccc(OCc2cn(-c3ccc(Cl)cc3)nn2)cc1. The van der Waals surface area contributed by atoms with Crippen LogP contribution in [-0.4, -0.2) is 26.1 Å². The zero-order chi connectivity index (χ0) is 18.5. The zero-order valence-corrected chi connectivity index (χ0v) is 14.9. The van der Waals surface area contributed by atoms with E-state index in [9.17, 15) is 4.79 Å². The molecule has 1 atom stereocenters. The van der Waals surface area contributed by atoms with Crippen LogP contribution in [0.1, 0.15) is 30.5 Å². The summed E-state index contributed by atoms with van der Waals surface area (Å²) in [6.45, 7) is 2.18. The molecule has 3 rings (SSSR count). The Balaban J connectivity index is 1.59. The van der Waals surface area contributed by atoms with Crippen molar-refractivity contribution < 1.29 is 14.6 Å². The molecule has 0 spiro atoms. The van der Waals surface area contributed by atoms with Gasteiger partial charge in [-0.05, 0) is 47.9 Å². The molecule has 0 aliphatic rings. The number of carbonyl (C=O) groups is 1. The molecule has 0 aliphatic heterocycles. The lowest BCUT2D eigenvalue weighted by molar-refractivity contribution is -0.137. The molecule has 1 heterocycles. The van der Waals surface area contributed by atoms with Gasteiger partial charge in [-0.3, -0.25) is 4.79 Å². The van der Waals surface area contributed by atoms with E-state index in [1.807, 2.05) is 43.3 Å². The summed E-state index contributed by atoms with van der Waals surface area (Å²) in [7, 11) is 0. The molecule has 0 radical (unpaired) electrons. The Morgan fingerprint density at radius 3 is 2.54 bits per heavy atom. The normalized spacial score (nSPS) is 11.9. The van der Waals surface area contributed by atoms with Gasteiger partial charge in [0.15, 0.2) is 0 Å². The standard InChI is InChI=1S/C19H18ClN3O3/c1-13(10-19(24)25)14-2-8-18(9-3-14)26-12-16-11-23(22-21-16)17-6-4-15(20)5-7-17/h2-9,11,13H,10,12H2,1H3,(H,24,25). The molecule has 1 aromatic heterocycles. The van der Waals surface area contributed by atoms with Crippen LogP contribution in [0.25, 0.3) is 5.69 Å². The fourth-order valence-corrected chi connectivity index (χ4v) is 2.64. The summed E-state index contributed by atoms with van der Waals surface area (Å²) in [5.74, 6) is -0.153. The fraction of sp³-hybridized carbons (Fsp3) is 0.211. The van der Waals surface area contributed by atoms with E-state index in [1.54, 1.807) is 23.0 Å². The summed E-state index contributed by atoms with van der Waals surface area (Å²) in [5.41, 5.74) is 2.53. The minimum absolute atomic E-state index is 0.0409. The molecule has 0 aliphatic carbocycles. The van der Waals surface area contributed by atoms with E-state index in [0.29, 0.717) is 16.5 Å². The van der Waals surface area contributed by atoms with E-state index >= 15 is 0 Å². The summed E-state index contributed by atoms with van der Waals surface area (Å²) in [6, 6.07) is 14.7. The van der Waals surface area contributed by atoms with Crippen LogP contribution < -0.4 is 4.74 Å². The van der Waals surface area contributed by atoms with Crippen molar-refractivity contribution in [3.05, 3.63) is 71.0 Å². The number of nitrogens with zero attached hydrogens (tertiary/aromatic N) is 3. The second kappa shape index (κ2) is 8.01. The van der Waals surface area contributed by atoms with Gasteiger partial charge in [-0.2, -0.15) is 0 Å². The third kappa shape index (κ3) is 4.61. The van der Waals surface area contributed by atoms with Gasteiger partial charge in [-0.1, -0.05) is 35.9 Å². The van der Waals surface area contributed by atoms with Crippen molar-refractivity contribution in [1.29, 1.82) is 0 Å². The Hall–Kier alpha value is -2.86. The molecule has 3 aromatic rings. The van der Waals surface area contributed by atoms with Crippen molar-refractivity contribution in [2.24, 2.45) is 0 Å². The Bertz CT molecular complexity index is 876. The van der Waals surface area contributed by atoms with Crippen molar-refractivity contribution in [2.75, 3.05) is 0 Å². The summed E-state index contributed by atoms with van der Waals surface area (Å²) in [6.07, 6.45) is 1.90. The monoisotopic (exact) mass is 371 g/mol. The maximum absolute atomic E-state index is 10.8. The highest BCUT2D eigenvalue weighted by atomic mass is 35.5. The van der Waals surface area contributed by atoms with E-state index in [1.165, 1.54) is 0 Å². The lowest BCUT2D eigenvalue weighted by Crippen LogP contribution is -2.03. The van der Waals surface area contributed by atoms with Gasteiger partial charge in [0.2, 0.25) is 0 Å². The van der Waals surface area contributed by atoms with Crippen LogP contribution in [-0.2, 0) is 11.4 Å². The second-order valence-corrected chi connectivity index (χ2v) is 6.42. The minimum Gasteiger partial charge on any atom is -0.487 e. The number of ether oxygens (including phenoxy) is 1. The maximum atomic E-state index is 10.8. The van der Waals surface area contributed by atoms with Crippen LogP contribution in [0.3, 0.4) is 0 Å². The molecule has 0 saturated heterocycles. The number of benzene rings is 2. The molecule has 7 heteroatoms. The van der Waals surface area contributed by atoms with E-state index < -0.39 is 5.97 Å². The Morgan fingerprint density at radius 1 is 1.19 bits per heavy atom. The molecule has 26 heavy (non-hydrogen) atoms. The summed E-state index contributed by atoms with van der Waals surface area (Å²) in [5, 5.41) is 17.7. The average Bonchev–Trinajstić information content (AvgIpc) is 3.09. The van der Waals surface area contributed by atoms with E-state index in [0.717, 1.165) is 11.3 Å². The molecule has 0 fully saturated rings. The third-order valence-corrected chi connectivity index (χ3v) is 4.20. The largest absolute Gasteiger partial charge is 0.487 e. The van der Waals surface area contributed by atoms with Gasteiger partial charge in [0.1, 0.15) is 18.1 Å². The lowest BCUT2D eigenvalue weighted by Gasteiger charge is -2.10. The Kier molecular flexibility index (Phi) is 5.53. The topological polar surface area (TPSA) is 77.2 Å². The van der Waals surface area contributed by atoms with Crippen LogP contribution in [0.2, 0.25) is 5.02 Å². The van der Waals surface area contributed by atoms with Crippen LogP contribution in [0, 0.1) is 0 Å². The van der Waals surface area contributed by atoms with Gasteiger partial charge in [0.25, 0.3) is 0 Å². The molecule has 0 saturated carbocycles. The number of aliphatic carboxylic acids is 1. The average molecular weight is 372 g/mol. The number of halogens is 1. The van der Waals surface area contributed by atoms with E-state index in [2.05, 4.69) is 10.3 Å². The highest BCUT2D eigenvalue weighted by Gasteiger charge is 2.10. The number of aromatic nitrogens is 3.